The Morgan fingerprint density at radius 1 is 1.32 bits per heavy atom. The largest absolute Gasteiger partial charge is 0.367 e. The number of nitrogens with zero attached hydrogens (tertiary/aromatic N) is 1. The first kappa shape index (κ1) is 14.7. The molecule has 4 heteroatoms. The maximum atomic E-state index is 14.2. The van der Waals surface area contributed by atoms with Crippen LogP contribution in [0.5, 0.6) is 0 Å². The Balaban J connectivity index is 2.26. The molecule has 0 aliphatic carbocycles. The lowest BCUT2D eigenvalue weighted by Crippen LogP contribution is -2.41. The molecule has 0 bridgehead atoms. The number of hydrogen-bond acceptors (Lipinski definition) is 3. The summed E-state index contributed by atoms with van der Waals surface area (Å²) in [6.07, 6.45) is 0. The van der Waals surface area contributed by atoms with Crippen LogP contribution in [0, 0.1) is 5.82 Å². The molecular weight excluding hydrogens is 259 g/mol. The quantitative estimate of drug-likeness (QED) is 0.912. The Kier molecular flexibility index (Phi) is 5.11. The normalized spacial score (nSPS) is 23.7. The van der Waals surface area contributed by atoms with Gasteiger partial charge in [0, 0.05) is 30.1 Å². The van der Waals surface area contributed by atoms with E-state index in [-0.39, 0.29) is 5.82 Å². The number of benzene rings is 1. The molecule has 1 aliphatic rings. The molecule has 0 radical (unpaired) electrons. The Morgan fingerprint density at radius 2 is 2.00 bits per heavy atom. The third-order valence-electron chi connectivity index (χ3n) is 3.37. The van der Waals surface area contributed by atoms with Gasteiger partial charge in [-0.2, -0.15) is 11.8 Å². The van der Waals surface area contributed by atoms with Crippen molar-refractivity contribution in [1.82, 2.24) is 5.32 Å². The number of thioether (sulfide) groups is 1. The van der Waals surface area contributed by atoms with Crippen LogP contribution in [0.25, 0.3) is 0 Å². The standard InChI is InChI=1S/C15H23FN2S/c1-4-17-8-13-6-5-7-14(16)15(13)18-9-11(2)19-12(3)10-18/h5-7,11-12,17H,4,8-10H2,1-3H3. The second kappa shape index (κ2) is 6.62. The van der Waals surface area contributed by atoms with E-state index in [4.69, 9.17) is 0 Å². The van der Waals surface area contributed by atoms with Crippen LogP contribution in [0.1, 0.15) is 26.3 Å². The summed E-state index contributed by atoms with van der Waals surface area (Å²) in [7, 11) is 0. The number of nitrogens with one attached hydrogen (secondary N) is 1. The second-order valence-electron chi connectivity index (χ2n) is 5.19. The fourth-order valence-electron chi connectivity index (χ4n) is 2.68. The zero-order chi connectivity index (χ0) is 13.8. The molecule has 1 aromatic carbocycles. The van der Waals surface area contributed by atoms with Crippen molar-refractivity contribution >= 4 is 17.4 Å². The number of hydrogen-bond donors (Lipinski definition) is 1. The minimum Gasteiger partial charge on any atom is -0.367 e. The van der Waals surface area contributed by atoms with Gasteiger partial charge in [-0.05, 0) is 18.2 Å². The van der Waals surface area contributed by atoms with Crippen molar-refractivity contribution in [3.05, 3.63) is 29.6 Å². The molecule has 1 N–H and O–H groups in total. The molecule has 0 amide bonds. The summed E-state index contributed by atoms with van der Waals surface area (Å²) in [6.45, 7) is 10.00. The van der Waals surface area contributed by atoms with E-state index in [9.17, 15) is 4.39 Å². The van der Waals surface area contributed by atoms with E-state index in [1.165, 1.54) is 0 Å². The van der Waals surface area contributed by atoms with Crippen LogP contribution < -0.4 is 10.2 Å². The highest BCUT2D eigenvalue weighted by molar-refractivity contribution is 8.00. The summed E-state index contributed by atoms with van der Waals surface area (Å²) in [5.41, 5.74) is 1.86. The van der Waals surface area contributed by atoms with Gasteiger partial charge in [0.2, 0.25) is 0 Å². The monoisotopic (exact) mass is 282 g/mol. The van der Waals surface area contributed by atoms with Crippen LogP contribution in [-0.2, 0) is 6.54 Å². The van der Waals surface area contributed by atoms with Crippen LogP contribution in [0.15, 0.2) is 18.2 Å². The summed E-state index contributed by atoms with van der Waals surface area (Å²) >= 11 is 1.99. The lowest BCUT2D eigenvalue weighted by atomic mass is 10.1. The molecule has 2 unspecified atom stereocenters. The number of halogens is 1. The van der Waals surface area contributed by atoms with Crippen LogP contribution in [0.4, 0.5) is 10.1 Å². The molecule has 2 rings (SSSR count). The zero-order valence-corrected chi connectivity index (χ0v) is 12.8. The minimum absolute atomic E-state index is 0.0956. The van der Waals surface area contributed by atoms with Gasteiger partial charge in [-0.25, -0.2) is 4.39 Å². The predicted molar refractivity (Wildman–Crippen MR) is 82.5 cm³/mol. The van der Waals surface area contributed by atoms with Crippen LogP contribution in [0.3, 0.4) is 0 Å². The first-order chi connectivity index (χ1) is 9.11. The summed E-state index contributed by atoms with van der Waals surface area (Å²) in [6, 6.07) is 5.40. The van der Waals surface area contributed by atoms with E-state index in [0.29, 0.717) is 10.5 Å². The fourth-order valence-corrected chi connectivity index (χ4v) is 4.00. The van der Waals surface area contributed by atoms with Crippen molar-refractivity contribution in [2.45, 2.75) is 37.8 Å². The van der Waals surface area contributed by atoms with Gasteiger partial charge in [0.1, 0.15) is 5.82 Å². The first-order valence-electron chi connectivity index (χ1n) is 7.00. The Labute approximate surface area is 119 Å². The molecule has 0 spiro atoms. The van der Waals surface area contributed by atoms with E-state index in [0.717, 1.165) is 37.4 Å². The van der Waals surface area contributed by atoms with Crippen molar-refractivity contribution in [3.63, 3.8) is 0 Å². The molecule has 1 heterocycles. The molecule has 106 valence electrons. The fraction of sp³-hybridized carbons (Fsp3) is 0.600. The Morgan fingerprint density at radius 3 is 2.63 bits per heavy atom. The Bertz CT molecular complexity index is 415. The molecule has 1 saturated heterocycles. The first-order valence-corrected chi connectivity index (χ1v) is 7.94. The number of rotatable bonds is 4. The highest BCUT2D eigenvalue weighted by Gasteiger charge is 2.25. The third-order valence-corrected chi connectivity index (χ3v) is 4.60. The summed E-state index contributed by atoms with van der Waals surface area (Å²) in [4.78, 5) is 2.22. The SMILES string of the molecule is CCNCc1cccc(F)c1N1CC(C)SC(C)C1. The molecule has 2 nitrogen and oxygen atoms in total. The summed E-state index contributed by atoms with van der Waals surface area (Å²) in [5, 5.41) is 4.40. The minimum atomic E-state index is -0.0956. The maximum absolute atomic E-state index is 14.2. The highest BCUT2D eigenvalue weighted by Crippen LogP contribution is 2.32. The van der Waals surface area contributed by atoms with Gasteiger partial charge in [-0.1, -0.05) is 32.9 Å². The molecule has 0 saturated carbocycles. The van der Waals surface area contributed by atoms with Gasteiger partial charge in [0.15, 0.2) is 0 Å². The molecular formula is C15H23FN2S. The molecule has 1 aromatic rings. The lowest BCUT2D eigenvalue weighted by Gasteiger charge is -2.37. The summed E-state index contributed by atoms with van der Waals surface area (Å²) in [5.74, 6) is -0.0956. The van der Waals surface area contributed by atoms with E-state index in [1.807, 2.05) is 17.8 Å². The van der Waals surface area contributed by atoms with Gasteiger partial charge in [0.25, 0.3) is 0 Å². The predicted octanol–water partition coefficient (Wildman–Crippen LogP) is 3.27. The number of anilines is 1. The van der Waals surface area contributed by atoms with Crippen LogP contribution in [-0.4, -0.2) is 30.1 Å². The Hall–Kier alpha value is -0.740. The third kappa shape index (κ3) is 3.63. The van der Waals surface area contributed by atoms with Gasteiger partial charge < -0.3 is 10.2 Å². The van der Waals surface area contributed by atoms with Crippen LogP contribution >= 0.6 is 11.8 Å². The van der Waals surface area contributed by atoms with E-state index < -0.39 is 0 Å². The second-order valence-corrected chi connectivity index (χ2v) is 7.07. The van der Waals surface area contributed by atoms with Crippen molar-refractivity contribution in [2.24, 2.45) is 0 Å². The maximum Gasteiger partial charge on any atom is 0.146 e. The van der Waals surface area contributed by atoms with Crippen molar-refractivity contribution < 1.29 is 4.39 Å². The molecule has 19 heavy (non-hydrogen) atoms. The van der Waals surface area contributed by atoms with Crippen LogP contribution in [0.2, 0.25) is 0 Å². The van der Waals surface area contributed by atoms with Crippen molar-refractivity contribution in [3.8, 4) is 0 Å². The van der Waals surface area contributed by atoms with Crippen molar-refractivity contribution in [2.75, 3.05) is 24.5 Å². The lowest BCUT2D eigenvalue weighted by molar-refractivity contribution is 0.604. The van der Waals surface area contributed by atoms with Gasteiger partial charge >= 0.3 is 0 Å². The van der Waals surface area contributed by atoms with Gasteiger partial charge in [-0.3, -0.25) is 0 Å². The molecule has 2 atom stereocenters. The van der Waals surface area contributed by atoms with Gasteiger partial charge in [0.05, 0.1) is 5.69 Å². The molecule has 1 fully saturated rings. The topological polar surface area (TPSA) is 15.3 Å². The van der Waals surface area contributed by atoms with E-state index >= 15 is 0 Å². The van der Waals surface area contributed by atoms with E-state index in [1.54, 1.807) is 12.1 Å². The summed E-state index contributed by atoms with van der Waals surface area (Å²) < 4.78 is 14.2. The van der Waals surface area contributed by atoms with E-state index in [2.05, 4.69) is 31.0 Å². The highest BCUT2D eigenvalue weighted by atomic mass is 32.2. The number of para-hydroxylation sites is 1. The van der Waals surface area contributed by atoms with Crippen molar-refractivity contribution in [1.29, 1.82) is 0 Å². The molecule has 0 aromatic heterocycles. The zero-order valence-electron chi connectivity index (χ0n) is 11.9. The average Bonchev–Trinajstić information content (AvgIpc) is 2.35. The average molecular weight is 282 g/mol. The van der Waals surface area contributed by atoms with Gasteiger partial charge in [-0.15, -0.1) is 0 Å². The smallest absolute Gasteiger partial charge is 0.146 e. The molecule has 1 aliphatic heterocycles.